The summed E-state index contributed by atoms with van der Waals surface area (Å²) in [5.41, 5.74) is 3.59. The van der Waals surface area contributed by atoms with Crippen molar-refractivity contribution in [3.8, 4) is 0 Å². The Morgan fingerprint density at radius 2 is 1.58 bits per heavy atom. The van der Waals surface area contributed by atoms with Gasteiger partial charge in [-0.25, -0.2) is 4.79 Å². The SMILES string of the molecule is COC(=O)c1ccc(N2C(=O)C(=O)/C(=C(/O)c3cc(C(C)(C)C)ccc3C)C2c2ccccc2)cc1. The first-order chi connectivity index (χ1) is 17.0. The molecule has 3 aromatic carbocycles. The van der Waals surface area contributed by atoms with Gasteiger partial charge in [-0.2, -0.15) is 0 Å². The van der Waals surface area contributed by atoms with E-state index in [1.54, 1.807) is 24.3 Å². The molecule has 0 aliphatic carbocycles. The molecule has 4 rings (SSSR count). The van der Waals surface area contributed by atoms with Gasteiger partial charge in [-0.05, 0) is 59.4 Å². The number of ketones is 1. The van der Waals surface area contributed by atoms with Gasteiger partial charge >= 0.3 is 5.97 Å². The zero-order valence-electron chi connectivity index (χ0n) is 21.0. The molecule has 0 saturated carbocycles. The fraction of sp³-hybridized carbons (Fsp3) is 0.233. The van der Waals surface area contributed by atoms with Crippen molar-refractivity contribution in [3.63, 3.8) is 0 Å². The van der Waals surface area contributed by atoms with Crippen LogP contribution in [0, 0.1) is 6.92 Å². The van der Waals surface area contributed by atoms with Crippen LogP contribution in [0.25, 0.3) is 5.76 Å². The zero-order chi connectivity index (χ0) is 26.2. The second-order valence-corrected chi connectivity index (χ2v) is 9.90. The second-order valence-electron chi connectivity index (χ2n) is 9.90. The lowest BCUT2D eigenvalue weighted by atomic mass is 9.84. The molecule has 1 amide bonds. The number of benzene rings is 3. The molecule has 184 valence electrons. The maximum Gasteiger partial charge on any atom is 0.337 e. The summed E-state index contributed by atoms with van der Waals surface area (Å²) in [6.07, 6.45) is 0. The monoisotopic (exact) mass is 483 g/mol. The smallest absolute Gasteiger partial charge is 0.337 e. The number of ether oxygens (including phenoxy) is 1. The number of methoxy groups -OCH3 is 1. The van der Waals surface area contributed by atoms with Crippen LogP contribution >= 0.6 is 0 Å². The molecule has 1 aliphatic rings. The summed E-state index contributed by atoms with van der Waals surface area (Å²) in [6.45, 7) is 8.08. The Labute approximate surface area is 210 Å². The summed E-state index contributed by atoms with van der Waals surface area (Å²) in [6, 6.07) is 20.4. The number of carbonyl (C=O) groups excluding carboxylic acids is 3. The van der Waals surface area contributed by atoms with Crippen LogP contribution in [0.3, 0.4) is 0 Å². The predicted molar refractivity (Wildman–Crippen MR) is 139 cm³/mol. The molecule has 1 unspecified atom stereocenters. The highest BCUT2D eigenvalue weighted by Gasteiger charge is 2.47. The molecule has 1 fully saturated rings. The van der Waals surface area contributed by atoms with E-state index in [9.17, 15) is 19.5 Å². The minimum atomic E-state index is -0.840. The van der Waals surface area contributed by atoms with E-state index in [1.165, 1.54) is 12.0 Å². The number of hydrogen-bond donors (Lipinski definition) is 1. The number of nitrogens with zero attached hydrogens (tertiary/aromatic N) is 1. The zero-order valence-corrected chi connectivity index (χ0v) is 21.0. The number of amides is 1. The van der Waals surface area contributed by atoms with E-state index in [-0.39, 0.29) is 16.7 Å². The van der Waals surface area contributed by atoms with Crippen molar-refractivity contribution in [1.82, 2.24) is 0 Å². The molecule has 0 bridgehead atoms. The largest absolute Gasteiger partial charge is 0.507 e. The number of Topliss-reactive ketones (excluding diaryl/α,β-unsaturated/α-hetero) is 1. The Morgan fingerprint density at radius 3 is 2.17 bits per heavy atom. The van der Waals surface area contributed by atoms with Gasteiger partial charge in [-0.15, -0.1) is 0 Å². The van der Waals surface area contributed by atoms with Crippen molar-refractivity contribution < 1.29 is 24.2 Å². The lowest BCUT2D eigenvalue weighted by molar-refractivity contribution is -0.132. The fourth-order valence-corrected chi connectivity index (χ4v) is 4.41. The molecule has 6 nitrogen and oxygen atoms in total. The maximum atomic E-state index is 13.4. The van der Waals surface area contributed by atoms with Crippen molar-refractivity contribution in [2.45, 2.75) is 39.2 Å². The van der Waals surface area contributed by atoms with Crippen LogP contribution in [0.4, 0.5) is 5.69 Å². The molecule has 0 spiro atoms. The number of rotatable bonds is 4. The molecule has 3 aromatic rings. The van der Waals surface area contributed by atoms with Gasteiger partial charge < -0.3 is 9.84 Å². The van der Waals surface area contributed by atoms with Crippen LogP contribution < -0.4 is 4.90 Å². The number of aryl methyl sites for hydroxylation is 1. The Kier molecular flexibility index (Phi) is 6.55. The first kappa shape index (κ1) is 24.9. The lowest BCUT2D eigenvalue weighted by Crippen LogP contribution is -2.29. The average Bonchev–Trinajstić information content (AvgIpc) is 3.13. The summed E-state index contributed by atoms with van der Waals surface area (Å²) >= 11 is 0. The molecule has 0 radical (unpaired) electrons. The van der Waals surface area contributed by atoms with Crippen molar-refractivity contribution in [3.05, 3.63) is 106 Å². The number of aliphatic hydroxyl groups excluding tert-OH is 1. The van der Waals surface area contributed by atoms with Gasteiger partial charge in [0, 0.05) is 11.3 Å². The lowest BCUT2D eigenvalue weighted by Gasteiger charge is -2.26. The second kappa shape index (κ2) is 9.46. The highest BCUT2D eigenvalue weighted by Crippen LogP contribution is 2.43. The van der Waals surface area contributed by atoms with E-state index >= 15 is 0 Å². The number of esters is 1. The molecule has 1 N–H and O–H groups in total. The molecule has 6 heteroatoms. The molecular weight excluding hydrogens is 454 g/mol. The van der Waals surface area contributed by atoms with E-state index in [4.69, 9.17) is 4.74 Å². The molecular formula is C30H29NO5. The third-order valence-corrected chi connectivity index (χ3v) is 6.49. The summed E-state index contributed by atoms with van der Waals surface area (Å²) in [5.74, 6) is -2.23. The van der Waals surface area contributed by atoms with Crippen LogP contribution in [-0.4, -0.2) is 29.9 Å². The normalized spacial score (nSPS) is 17.4. The first-order valence-electron chi connectivity index (χ1n) is 11.7. The number of carbonyl (C=O) groups is 3. The summed E-state index contributed by atoms with van der Waals surface area (Å²) in [7, 11) is 1.29. The molecule has 36 heavy (non-hydrogen) atoms. The van der Waals surface area contributed by atoms with Crippen LogP contribution in [0.2, 0.25) is 0 Å². The van der Waals surface area contributed by atoms with Gasteiger partial charge in [-0.1, -0.05) is 63.2 Å². The molecule has 0 aromatic heterocycles. The minimum absolute atomic E-state index is 0.0254. The van der Waals surface area contributed by atoms with Gasteiger partial charge in [0.15, 0.2) is 0 Å². The van der Waals surface area contributed by atoms with E-state index in [1.807, 2.05) is 55.5 Å². The van der Waals surface area contributed by atoms with Gasteiger partial charge in [0.2, 0.25) is 0 Å². The van der Waals surface area contributed by atoms with Crippen molar-refractivity contribution in [2.75, 3.05) is 12.0 Å². The quantitative estimate of drug-likeness (QED) is 0.223. The topological polar surface area (TPSA) is 83.9 Å². The van der Waals surface area contributed by atoms with E-state index in [2.05, 4.69) is 20.8 Å². The third-order valence-electron chi connectivity index (χ3n) is 6.49. The Bertz CT molecular complexity index is 1360. The maximum absolute atomic E-state index is 13.4. The Hall–Kier alpha value is -4.19. The minimum Gasteiger partial charge on any atom is -0.507 e. The summed E-state index contributed by atoms with van der Waals surface area (Å²) < 4.78 is 4.76. The van der Waals surface area contributed by atoms with Crippen molar-refractivity contribution >= 4 is 29.1 Å². The first-order valence-corrected chi connectivity index (χ1v) is 11.7. The van der Waals surface area contributed by atoms with Crippen LogP contribution in [0.15, 0.2) is 78.4 Å². The predicted octanol–water partition coefficient (Wildman–Crippen LogP) is 5.71. The van der Waals surface area contributed by atoms with Crippen molar-refractivity contribution in [1.29, 1.82) is 0 Å². The van der Waals surface area contributed by atoms with Gasteiger partial charge in [0.05, 0.1) is 24.3 Å². The van der Waals surface area contributed by atoms with E-state index in [0.717, 1.165) is 11.1 Å². The Balaban J connectivity index is 1.92. The van der Waals surface area contributed by atoms with Crippen LogP contribution in [0.5, 0.6) is 0 Å². The van der Waals surface area contributed by atoms with Crippen LogP contribution in [-0.2, 0) is 19.7 Å². The van der Waals surface area contributed by atoms with Crippen LogP contribution in [0.1, 0.15) is 59.4 Å². The highest BCUT2D eigenvalue weighted by atomic mass is 16.5. The standard InChI is InChI=1S/C30H29NO5/c1-18-11-14-21(30(2,3)4)17-23(18)26(32)24-25(19-9-7-6-8-10-19)31(28(34)27(24)33)22-15-12-20(13-16-22)29(35)36-5/h6-17,25,32H,1-5H3/b26-24+. The Morgan fingerprint density at radius 1 is 0.944 bits per heavy atom. The van der Waals surface area contributed by atoms with Crippen molar-refractivity contribution in [2.24, 2.45) is 0 Å². The van der Waals surface area contributed by atoms with E-state index < -0.39 is 23.7 Å². The molecule has 1 saturated heterocycles. The summed E-state index contributed by atoms with van der Waals surface area (Å²) in [4.78, 5) is 40.0. The molecule has 1 aliphatic heterocycles. The number of hydrogen-bond acceptors (Lipinski definition) is 5. The molecule has 1 atom stereocenters. The average molecular weight is 484 g/mol. The number of anilines is 1. The fourth-order valence-electron chi connectivity index (χ4n) is 4.41. The number of aliphatic hydroxyl groups is 1. The highest BCUT2D eigenvalue weighted by molar-refractivity contribution is 6.51. The summed E-state index contributed by atoms with van der Waals surface area (Å²) in [5, 5.41) is 11.5. The van der Waals surface area contributed by atoms with Gasteiger partial charge in [0.25, 0.3) is 11.7 Å². The molecule has 1 heterocycles. The van der Waals surface area contributed by atoms with E-state index in [0.29, 0.717) is 22.4 Å². The van der Waals surface area contributed by atoms with Gasteiger partial charge in [-0.3, -0.25) is 14.5 Å². The van der Waals surface area contributed by atoms with Gasteiger partial charge in [0.1, 0.15) is 5.76 Å². The third kappa shape index (κ3) is 4.42.